The van der Waals surface area contributed by atoms with Gasteiger partial charge in [-0.3, -0.25) is 0 Å². The molecule has 0 aliphatic carbocycles. The third-order valence-corrected chi connectivity index (χ3v) is 2.02. The highest BCUT2D eigenvalue weighted by atomic mass is 16.3. The van der Waals surface area contributed by atoms with Crippen LogP contribution in [0.4, 0.5) is 5.69 Å². The van der Waals surface area contributed by atoms with E-state index < -0.39 is 0 Å². The van der Waals surface area contributed by atoms with Crippen LogP contribution in [0.25, 0.3) is 0 Å². The van der Waals surface area contributed by atoms with Crippen molar-refractivity contribution in [3.8, 4) is 11.5 Å². The Hall–Kier alpha value is -1.38. The van der Waals surface area contributed by atoms with Crippen molar-refractivity contribution in [2.75, 3.05) is 18.0 Å². The van der Waals surface area contributed by atoms with Gasteiger partial charge in [0.05, 0.1) is 0 Å². The lowest BCUT2D eigenvalue weighted by Gasteiger charge is -2.21. The van der Waals surface area contributed by atoms with Gasteiger partial charge < -0.3 is 15.1 Å². The van der Waals surface area contributed by atoms with E-state index >= 15 is 0 Å². The highest BCUT2D eigenvalue weighted by Gasteiger charge is 2.04. The smallest absolute Gasteiger partial charge is 0.121 e. The van der Waals surface area contributed by atoms with Crippen LogP contribution in [-0.2, 0) is 0 Å². The van der Waals surface area contributed by atoms with E-state index in [1.807, 2.05) is 13.8 Å². The van der Waals surface area contributed by atoms with Crippen molar-refractivity contribution >= 4 is 5.69 Å². The third kappa shape index (κ3) is 2.28. The quantitative estimate of drug-likeness (QED) is 0.749. The van der Waals surface area contributed by atoms with Crippen molar-refractivity contribution in [3.05, 3.63) is 18.2 Å². The maximum atomic E-state index is 9.25. The fourth-order valence-corrected chi connectivity index (χ4v) is 1.35. The Morgan fingerprint density at radius 1 is 1.00 bits per heavy atom. The summed E-state index contributed by atoms with van der Waals surface area (Å²) < 4.78 is 0. The summed E-state index contributed by atoms with van der Waals surface area (Å²) in [7, 11) is 0. The number of anilines is 1. The molecule has 0 saturated carbocycles. The third-order valence-electron chi connectivity index (χ3n) is 2.02. The van der Waals surface area contributed by atoms with E-state index in [4.69, 9.17) is 0 Å². The summed E-state index contributed by atoms with van der Waals surface area (Å²) in [4.78, 5) is 2.06. The SMILES string of the molecule is CCN(CC)c1cc(O)cc(O)c1. The van der Waals surface area contributed by atoms with Crippen molar-refractivity contribution in [3.63, 3.8) is 0 Å². The van der Waals surface area contributed by atoms with Gasteiger partial charge in [0.15, 0.2) is 0 Å². The Bertz CT molecular complexity index is 262. The Morgan fingerprint density at radius 3 is 1.85 bits per heavy atom. The molecule has 0 aliphatic rings. The summed E-state index contributed by atoms with van der Waals surface area (Å²) in [6.45, 7) is 5.79. The van der Waals surface area contributed by atoms with Crippen molar-refractivity contribution < 1.29 is 10.2 Å². The minimum atomic E-state index is 0.0990. The number of nitrogens with zero attached hydrogens (tertiary/aromatic N) is 1. The van der Waals surface area contributed by atoms with Crippen LogP contribution < -0.4 is 4.90 Å². The average molecular weight is 181 g/mol. The maximum Gasteiger partial charge on any atom is 0.121 e. The zero-order chi connectivity index (χ0) is 9.84. The van der Waals surface area contributed by atoms with Gasteiger partial charge in [-0.25, -0.2) is 0 Å². The van der Waals surface area contributed by atoms with Crippen molar-refractivity contribution in [1.29, 1.82) is 0 Å². The van der Waals surface area contributed by atoms with E-state index in [1.165, 1.54) is 6.07 Å². The van der Waals surface area contributed by atoms with Gasteiger partial charge in [-0.1, -0.05) is 0 Å². The first-order valence-corrected chi connectivity index (χ1v) is 4.45. The Balaban J connectivity index is 2.99. The number of rotatable bonds is 3. The van der Waals surface area contributed by atoms with E-state index in [-0.39, 0.29) is 11.5 Å². The van der Waals surface area contributed by atoms with E-state index in [1.54, 1.807) is 12.1 Å². The highest BCUT2D eigenvalue weighted by Crippen LogP contribution is 2.26. The summed E-state index contributed by atoms with van der Waals surface area (Å²) in [5.74, 6) is 0.198. The highest BCUT2D eigenvalue weighted by molar-refractivity contribution is 5.54. The van der Waals surface area contributed by atoms with Crippen LogP contribution in [-0.4, -0.2) is 23.3 Å². The number of phenols is 2. The fraction of sp³-hybridized carbons (Fsp3) is 0.400. The number of aromatic hydroxyl groups is 2. The van der Waals surface area contributed by atoms with Crippen LogP contribution in [0.5, 0.6) is 11.5 Å². The standard InChI is InChI=1S/C10H15NO2/c1-3-11(4-2)8-5-9(12)7-10(13)6-8/h5-7,12-13H,3-4H2,1-2H3. The minimum absolute atomic E-state index is 0.0990. The Labute approximate surface area is 78.2 Å². The molecule has 2 N–H and O–H groups in total. The maximum absolute atomic E-state index is 9.25. The van der Waals surface area contributed by atoms with E-state index in [2.05, 4.69) is 4.90 Å². The molecule has 0 aliphatic heterocycles. The lowest BCUT2D eigenvalue weighted by atomic mass is 10.2. The molecule has 0 radical (unpaired) electrons. The molecular weight excluding hydrogens is 166 g/mol. The summed E-state index contributed by atoms with van der Waals surface area (Å²) in [6.07, 6.45) is 0. The van der Waals surface area contributed by atoms with Crippen LogP contribution in [0.15, 0.2) is 18.2 Å². The second-order valence-electron chi connectivity index (χ2n) is 2.88. The summed E-state index contributed by atoms with van der Waals surface area (Å²) in [5, 5.41) is 18.5. The zero-order valence-corrected chi connectivity index (χ0v) is 7.99. The monoisotopic (exact) mass is 181 g/mol. The number of hydrogen-bond acceptors (Lipinski definition) is 3. The van der Waals surface area contributed by atoms with Crippen LogP contribution in [0.3, 0.4) is 0 Å². The van der Waals surface area contributed by atoms with Gasteiger partial charge in [0.25, 0.3) is 0 Å². The van der Waals surface area contributed by atoms with Gasteiger partial charge in [-0.05, 0) is 13.8 Å². The van der Waals surface area contributed by atoms with Gasteiger partial charge in [0.1, 0.15) is 11.5 Å². The molecule has 0 atom stereocenters. The first-order valence-electron chi connectivity index (χ1n) is 4.45. The lowest BCUT2D eigenvalue weighted by molar-refractivity contribution is 0.450. The van der Waals surface area contributed by atoms with Gasteiger partial charge in [0, 0.05) is 37.0 Å². The van der Waals surface area contributed by atoms with Crippen LogP contribution >= 0.6 is 0 Å². The molecule has 0 aromatic heterocycles. The second kappa shape index (κ2) is 4.03. The van der Waals surface area contributed by atoms with Crippen LogP contribution in [0.2, 0.25) is 0 Å². The first-order chi connectivity index (χ1) is 6.17. The summed E-state index contributed by atoms with van der Waals surface area (Å²) >= 11 is 0. The largest absolute Gasteiger partial charge is 0.508 e. The summed E-state index contributed by atoms with van der Waals surface area (Å²) in [6, 6.07) is 4.62. The van der Waals surface area contributed by atoms with E-state index in [0.717, 1.165) is 18.8 Å². The lowest BCUT2D eigenvalue weighted by Crippen LogP contribution is -2.21. The Kier molecular flexibility index (Phi) is 3.01. The van der Waals surface area contributed by atoms with Gasteiger partial charge in [-0.15, -0.1) is 0 Å². The molecular formula is C10H15NO2. The first kappa shape index (κ1) is 9.71. The van der Waals surface area contributed by atoms with Crippen molar-refractivity contribution in [2.45, 2.75) is 13.8 Å². The fourth-order valence-electron chi connectivity index (χ4n) is 1.35. The van der Waals surface area contributed by atoms with Crippen molar-refractivity contribution in [2.24, 2.45) is 0 Å². The minimum Gasteiger partial charge on any atom is -0.508 e. The number of hydrogen-bond donors (Lipinski definition) is 2. The molecule has 3 heteroatoms. The van der Waals surface area contributed by atoms with Crippen molar-refractivity contribution in [1.82, 2.24) is 0 Å². The molecule has 0 amide bonds. The molecule has 1 aromatic carbocycles. The Morgan fingerprint density at radius 2 is 1.46 bits per heavy atom. The molecule has 1 rings (SSSR count). The summed E-state index contributed by atoms with van der Waals surface area (Å²) in [5.41, 5.74) is 0.850. The van der Waals surface area contributed by atoms with Gasteiger partial charge in [0.2, 0.25) is 0 Å². The molecule has 0 saturated heterocycles. The molecule has 0 heterocycles. The van der Waals surface area contributed by atoms with Crippen LogP contribution in [0, 0.1) is 0 Å². The molecule has 0 unspecified atom stereocenters. The number of benzene rings is 1. The predicted molar refractivity (Wildman–Crippen MR) is 53.3 cm³/mol. The second-order valence-corrected chi connectivity index (χ2v) is 2.88. The molecule has 72 valence electrons. The molecule has 0 spiro atoms. The number of phenolic OH excluding ortho intramolecular Hbond substituents is 2. The van der Waals surface area contributed by atoms with E-state index in [0.29, 0.717) is 0 Å². The zero-order valence-electron chi connectivity index (χ0n) is 7.99. The molecule has 13 heavy (non-hydrogen) atoms. The normalized spacial score (nSPS) is 10.0. The molecule has 0 bridgehead atoms. The predicted octanol–water partition coefficient (Wildman–Crippen LogP) is 1.94. The van der Waals surface area contributed by atoms with Gasteiger partial charge in [-0.2, -0.15) is 0 Å². The van der Waals surface area contributed by atoms with Gasteiger partial charge >= 0.3 is 0 Å². The van der Waals surface area contributed by atoms with Crippen LogP contribution in [0.1, 0.15) is 13.8 Å². The van der Waals surface area contributed by atoms with E-state index in [9.17, 15) is 10.2 Å². The average Bonchev–Trinajstić information content (AvgIpc) is 2.04. The molecule has 1 aromatic rings. The molecule has 3 nitrogen and oxygen atoms in total. The topological polar surface area (TPSA) is 43.7 Å². The molecule has 0 fully saturated rings.